The summed E-state index contributed by atoms with van der Waals surface area (Å²) >= 11 is 3.62. The first-order chi connectivity index (χ1) is 7.31. The maximum Gasteiger partial charge on any atom is 0.0454 e. The van der Waals surface area contributed by atoms with Crippen LogP contribution in [0.3, 0.4) is 0 Å². The third-order valence-electron chi connectivity index (χ3n) is 2.45. The lowest BCUT2D eigenvalue weighted by Crippen LogP contribution is -2.07. The van der Waals surface area contributed by atoms with Gasteiger partial charge in [-0.15, -0.1) is 29.3 Å². The molecule has 0 aliphatic rings. The van der Waals surface area contributed by atoms with Crippen LogP contribution < -0.4 is 5.73 Å². The number of rotatable bonds is 5. The molecule has 15 heavy (non-hydrogen) atoms. The van der Waals surface area contributed by atoms with Crippen LogP contribution in [0.15, 0.2) is 30.2 Å². The fraction of sp³-hybridized carbons (Fsp3) is 0.333. The highest BCUT2D eigenvalue weighted by Crippen LogP contribution is 2.33. The van der Waals surface area contributed by atoms with E-state index in [-0.39, 0.29) is 6.04 Å². The summed E-state index contributed by atoms with van der Waals surface area (Å²) in [6.45, 7) is 3.72. The molecular formula is C12H15NS2. The Balaban J connectivity index is 2.03. The molecule has 80 valence electrons. The highest BCUT2D eigenvalue weighted by atomic mass is 32.1. The molecule has 0 aliphatic carbocycles. The summed E-state index contributed by atoms with van der Waals surface area (Å²) in [5.41, 5.74) is 6.14. The van der Waals surface area contributed by atoms with Crippen molar-refractivity contribution in [1.82, 2.24) is 0 Å². The number of thiophene rings is 2. The van der Waals surface area contributed by atoms with E-state index in [4.69, 9.17) is 5.73 Å². The standard InChI is InChI=1S/C12H15NS2/c1-2-3-4-5-9(13)11-8-12-10(15-11)6-7-14-12/h2,6-9H,1,3-5,13H2. The maximum atomic E-state index is 6.14. The average Bonchev–Trinajstić information content (AvgIpc) is 2.76. The van der Waals surface area contributed by atoms with E-state index in [1.165, 1.54) is 14.3 Å². The van der Waals surface area contributed by atoms with Gasteiger partial charge in [-0.3, -0.25) is 0 Å². The van der Waals surface area contributed by atoms with Gasteiger partial charge in [-0.2, -0.15) is 0 Å². The minimum atomic E-state index is 0.203. The number of hydrogen-bond acceptors (Lipinski definition) is 3. The Morgan fingerprint density at radius 3 is 3.07 bits per heavy atom. The first kappa shape index (κ1) is 10.9. The van der Waals surface area contributed by atoms with Crippen molar-refractivity contribution in [3.8, 4) is 0 Å². The fourth-order valence-electron chi connectivity index (χ4n) is 1.59. The Labute approximate surface area is 98.2 Å². The summed E-state index contributed by atoms with van der Waals surface area (Å²) in [5, 5.41) is 2.13. The van der Waals surface area contributed by atoms with Crippen molar-refractivity contribution in [2.75, 3.05) is 0 Å². The molecular weight excluding hydrogens is 222 g/mol. The molecule has 2 aromatic heterocycles. The number of allylic oxidation sites excluding steroid dienone is 1. The van der Waals surface area contributed by atoms with Crippen LogP contribution in [0.5, 0.6) is 0 Å². The molecule has 1 unspecified atom stereocenters. The van der Waals surface area contributed by atoms with Crippen molar-refractivity contribution in [3.63, 3.8) is 0 Å². The molecule has 0 saturated heterocycles. The number of nitrogens with two attached hydrogens (primary N) is 1. The zero-order valence-electron chi connectivity index (χ0n) is 8.61. The minimum absolute atomic E-state index is 0.203. The number of unbranched alkanes of at least 4 members (excludes halogenated alkanes) is 1. The first-order valence-electron chi connectivity index (χ1n) is 5.14. The molecule has 0 radical (unpaired) electrons. The normalized spacial score (nSPS) is 13.1. The average molecular weight is 237 g/mol. The largest absolute Gasteiger partial charge is 0.323 e. The fourth-order valence-corrected chi connectivity index (χ4v) is 3.75. The van der Waals surface area contributed by atoms with Gasteiger partial charge in [-0.25, -0.2) is 0 Å². The summed E-state index contributed by atoms with van der Waals surface area (Å²) in [6.07, 6.45) is 5.21. The zero-order valence-corrected chi connectivity index (χ0v) is 10.2. The monoisotopic (exact) mass is 237 g/mol. The summed E-state index contributed by atoms with van der Waals surface area (Å²) in [6, 6.07) is 4.61. The second kappa shape index (κ2) is 4.92. The highest BCUT2D eigenvalue weighted by molar-refractivity contribution is 7.26. The van der Waals surface area contributed by atoms with E-state index in [9.17, 15) is 0 Å². The Bertz CT molecular complexity index is 413. The van der Waals surface area contributed by atoms with Gasteiger partial charge in [0.15, 0.2) is 0 Å². The summed E-state index contributed by atoms with van der Waals surface area (Å²) in [7, 11) is 0. The molecule has 2 N–H and O–H groups in total. The third-order valence-corrected chi connectivity index (χ3v) is 4.67. The molecule has 1 nitrogen and oxygen atoms in total. The lowest BCUT2D eigenvalue weighted by atomic mass is 10.1. The number of hydrogen-bond donors (Lipinski definition) is 1. The SMILES string of the molecule is C=CCCCC(N)c1cc2sccc2s1. The first-order valence-corrected chi connectivity index (χ1v) is 6.84. The van der Waals surface area contributed by atoms with E-state index < -0.39 is 0 Å². The quantitative estimate of drug-likeness (QED) is 0.608. The van der Waals surface area contributed by atoms with E-state index >= 15 is 0 Å². The molecule has 0 fully saturated rings. The van der Waals surface area contributed by atoms with Crippen molar-refractivity contribution in [2.45, 2.75) is 25.3 Å². The van der Waals surface area contributed by atoms with Gasteiger partial charge < -0.3 is 5.73 Å². The van der Waals surface area contributed by atoms with Gasteiger partial charge in [-0.05, 0) is 36.8 Å². The second-order valence-electron chi connectivity index (χ2n) is 3.62. The Hall–Kier alpha value is -0.640. The van der Waals surface area contributed by atoms with Crippen LogP contribution in [0.2, 0.25) is 0 Å². The molecule has 2 aromatic rings. The van der Waals surface area contributed by atoms with Crippen molar-refractivity contribution < 1.29 is 0 Å². The smallest absolute Gasteiger partial charge is 0.0454 e. The zero-order chi connectivity index (χ0) is 10.7. The lowest BCUT2D eigenvalue weighted by molar-refractivity contribution is 0.626. The molecule has 2 heterocycles. The number of fused-ring (bicyclic) bond motifs is 1. The van der Waals surface area contributed by atoms with Crippen LogP contribution in [0.25, 0.3) is 9.40 Å². The molecule has 0 aromatic carbocycles. The maximum absolute atomic E-state index is 6.14. The Morgan fingerprint density at radius 2 is 2.33 bits per heavy atom. The Morgan fingerprint density at radius 1 is 1.47 bits per heavy atom. The summed E-state index contributed by atoms with van der Waals surface area (Å²) < 4.78 is 2.74. The van der Waals surface area contributed by atoms with Gasteiger partial charge in [0.05, 0.1) is 0 Å². The molecule has 0 aliphatic heterocycles. The summed E-state index contributed by atoms with van der Waals surface area (Å²) in [4.78, 5) is 1.32. The van der Waals surface area contributed by atoms with Crippen LogP contribution in [-0.4, -0.2) is 0 Å². The van der Waals surface area contributed by atoms with Crippen LogP contribution in [-0.2, 0) is 0 Å². The van der Waals surface area contributed by atoms with Crippen LogP contribution in [0, 0.1) is 0 Å². The molecule has 1 atom stereocenters. The van der Waals surface area contributed by atoms with Crippen LogP contribution in [0.1, 0.15) is 30.2 Å². The minimum Gasteiger partial charge on any atom is -0.323 e. The highest BCUT2D eigenvalue weighted by Gasteiger charge is 2.09. The van der Waals surface area contributed by atoms with E-state index in [0.29, 0.717) is 0 Å². The molecule has 0 saturated carbocycles. The van der Waals surface area contributed by atoms with Gasteiger partial charge >= 0.3 is 0 Å². The molecule has 0 spiro atoms. The van der Waals surface area contributed by atoms with Crippen LogP contribution >= 0.6 is 22.7 Å². The van der Waals surface area contributed by atoms with Gasteiger partial charge in [0.1, 0.15) is 0 Å². The predicted octanol–water partition coefficient (Wildman–Crippen LogP) is 4.32. The Kier molecular flexibility index (Phi) is 3.57. The van der Waals surface area contributed by atoms with Crippen molar-refractivity contribution >= 4 is 32.1 Å². The van der Waals surface area contributed by atoms with Crippen molar-refractivity contribution in [3.05, 3.63) is 35.0 Å². The molecule has 3 heteroatoms. The van der Waals surface area contributed by atoms with Crippen LogP contribution in [0.4, 0.5) is 0 Å². The van der Waals surface area contributed by atoms with Gasteiger partial charge in [0.2, 0.25) is 0 Å². The van der Waals surface area contributed by atoms with Crippen molar-refractivity contribution in [1.29, 1.82) is 0 Å². The van der Waals surface area contributed by atoms with Gasteiger partial charge in [0, 0.05) is 20.3 Å². The molecule has 0 bridgehead atoms. The molecule has 2 rings (SSSR count). The topological polar surface area (TPSA) is 26.0 Å². The predicted molar refractivity (Wildman–Crippen MR) is 70.7 cm³/mol. The van der Waals surface area contributed by atoms with E-state index in [1.807, 2.05) is 17.4 Å². The van der Waals surface area contributed by atoms with E-state index in [0.717, 1.165) is 19.3 Å². The van der Waals surface area contributed by atoms with E-state index in [2.05, 4.69) is 24.1 Å². The molecule has 0 amide bonds. The van der Waals surface area contributed by atoms with Gasteiger partial charge in [-0.1, -0.05) is 6.08 Å². The summed E-state index contributed by atoms with van der Waals surface area (Å²) in [5.74, 6) is 0. The van der Waals surface area contributed by atoms with Crippen molar-refractivity contribution in [2.24, 2.45) is 5.73 Å². The van der Waals surface area contributed by atoms with Gasteiger partial charge in [0.25, 0.3) is 0 Å². The second-order valence-corrected chi connectivity index (χ2v) is 5.69. The lowest BCUT2D eigenvalue weighted by Gasteiger charge is -2.07. The third kappa shape index (κ3) is 2.48. The van der Waals surface area contributed by atoms with E-state index in [1.54, 1.807) is 11.3 Å².